The zero-order valence-corrected chi connectivity index (χ0v) is 19.4. The lowest BCUT2D eigenvalue weighted by Gasteiger charge is -2.42. The number of aldehydes is 1. The molecule has 0 fully saturated rings. The topological polar surface area (TPSA) is 35.5 Å². The Morgan fingerprint density at radius 3 is 1.70 bits per heavy atom. The van der Waals surface area contributed by atoms with Gasteiger partial charge in [-0.1, -0.05) is 48.5 Å². The van der Waals surface area contributed by atoms with E-state index in [0.717, 1.165) is 6.29 Å². The van der Waals surface area contributed by atoms with Crippen molar-refractivity contribution in [2.24, 2.45) is 5.92 Å². The van der Waals surface area contributed by atoms with Gasteiger partial charge in [-0.05, 0) is 36.3 Å². The van der Waals surface area contributed by atoms with E-state index >= 15 is 0 Å². The van der Waals surface area contributed by atoms with Gasteiger partial charge in [0.15, 0.2) is 16.6 Å². The van der Waals surface area contributed by atoms with Crippen LogP contribution in [0.3, 0.4) is 0 Å². The fourth-order valence-electron chi connectivity index (χ4n) is 1.71. The summed E-state index contributed by atoms with van der Waals surface area (Å²) in [5, 5.41) is 0.349. The average molecular weight is 361 g/mol. The van der Waals surface area contributed by atoms with Crippen molar-refractivity contribution in [2.75, 3.05) is 6.61 Å². The Morgan fingerprint density at radius 1 is 0.913 bits per heavy atom. The van der Waals surface area contributed by atoms with Crippen LogP contribution in [0.4, 0.5) is 0 Å². The van der Waals surface area contributed by atoms with Gasteiger partial charge in [-0.25, -0.2) is 0 Å². The number of hydrogen-bond acceptors (Lipinski definition) is 3. The highest BCUT2D eigenvalue weighted by molar-refractivity contribution is 6.74. The molecule has 0 heterocycles. The average Bonchev–Trinajstić information content (AvgIpc) is 2.32. The van der Waals surface area contributed by atoms with Crippen LogP contribution in [0.2, 0.25) is 36.3 Å². The van der Waals surface area contributed by atoms with E-state index in [1.165, 1.54) is 0 Å². The molecular weight excluding hydrogens is 320 g/mol. The van der Waals surface area contributed by atoms with Gasteiger partial charge in [-0.15, -0.1) is 0 Å². The summed E-state index contributed by atoms with van der Waals surface area (Å²) in [5.41, 5.74) is 0. The van der Waals surface area contributed by atoms with Crippen molar-refractivity contribution >= 4 is 22.9 Å². The van der Waals surface area contributed by atoms with Gasteiger partial charge in [-0.3, -0.25) is 0 Å². The van der Waals surface area contributed by atoms with Crippen molar-refractivity contribution in [3.8, 4) is 0 Å². The summed E-state index contributed by atoms with van der Waals surface area (Å²) < 4.78 is 12.8. The van der Waals surface area contributed by atoms with Crippen LogP contribution in [-0.2, 0) is 13.6 Å². The monoisotopic (exact) mass is 360 g/mol. The molecule has 23 heavy (non-hydrogen) atoms. The second-order valence-corrected chi connectivity index (χ2v) is 19.4. The maximum Gasteiger partial charge on any atom is 0.192 e. The number of carbonyl (C=O) groups excluding carboxylic acids is 1. The van der Waals surface area contributed by atoms with Crippen molar-refractivity contribution in [3.63, 3.8) is 0 Å². The predicted molar refractivity (Wildman–Crippen MR) is 105 cm³/mol. The maximum atomic E-state index is 11.1. The van der Waals surface area contributed by atoms with E-state index in [-0.39, 0.29) is 22.1 Å². The van der Waals surface area contributed by atoms with Crippen molar-refractivity contribution in [2.45, 2.75) is 97.3 Å². The molecule has 0 radical (unpaired) electrons. The Hall–Kier alpha value is 0.0238. The summed E-state index contributed by atoms with van der Waals surface area (Å²) in [4.78, 5) is 11.1. The molecule has 0 N–H and O–H groups in total. The molecule has 0 aliphatic carbocycles. The van der Waals surface area contributed by atoms with Crippen molar-refractivity contribution in [1.29, 1.82) is 0 Å². The van der Waals surface area contributed by atoms with E-state index in [2.05, 4.69) is 74.7 Å². The number of hydrogen-bond donors (Lipinski definition) is 0. The molecule has 0 bridgehead atoms. The van der Waals surface area contributed by atoms with Crippen molar-refractivity contribution in [3.05, 3.63) is 0 Å². The van der Waals surface area contributed by atoms with Crippen LogP contribution in [0.15, 0.2) is 0 Å². The second kappa shape index (κ2) is 7.94. The third kappa shape index (κ3) is 6.80. The molecule has 0 unspecified atom stereocenters. The van der Waals surface area contributed by atoms with Gasteiger partial charge < -0.3 is 13.6 Å². The molecule has 0 saturated heterocycles. The van der Waals surface area contributed by atoms with Gasteiger partial charge in [0.2, 0.25) is 0 Å². The molecule has 2 atom stereocenters. The highest BCUT2D eigenvalue weighted by atomic mass is 28.4. The largest absolute Gasteiger partial charge is 0.416 e. The first kappa shape index (κ1) is 23.0. The lowest BCUT2D eigenvalue weighted by molar-refractivity contribution is -0.110. The van der Waals surface area contributed by atoms with Crippen LogP contribution < -0.4 is 0 Å². The molecule has 138 valence electrons. The number of carbonyl (C=O) groups is 1. The molecule has 0 aromatic carbocycles. The normalized spacial score (nSPS) is 17.0. The molecule has 0 rings (SSSR count). The molecule has 3 nitrogen and oxygen atoms in total. The SMILES string of the molecule is C[C@H](CO[Si](C)(C)C(C)(C)C)[C@H](CC=O)O[Si](C)(C)C(C)(C)C. The molecule has 0 aliphatic heterocycles. The lowest BCUT2D eigenvalue weighted by Crippen LogP contribution is -2.47. The Morgan fingerprint density at radius 2 is 1.35 bits per heavy atom. The maximum absolute atomic E-state index is 11.1. The molecule has 0 saturated carbocycles. The summed E-state index contributed by atoms with van der Waals surface area (Å²) in [6.45, 7) is 25.3. The minimum Gasteiger partial charge on any atom is -0.416 e. The Labute approximate surface area is 146 Å². The molecule has 0 aromatic rings. The predicted octanol–water partition coefficient (Wildman–Crippen LogP) is 5.62. The summed E-state index contributed by atoms with van der Waals surface area (Å²) in [6, 6.07) is 0. The van der Waals surface area contributed by atoms with E-state index in [4.69, 9.17) is 8.85 Å². The van der Waals surface area contributed by atoms with E-state index < -0.39 is 16.6 Å². The van der Waals surface area contributed by atoms with Gasteiger partial charge in [0.1, 0.15) is 6.29 Å². The fraction of sp³-hybridized carbons (Fsp3) is 0.944. The van der Waals surface area contributed by atoms with Crippen LogP contribution in [-0.4, -0.2) is 35.6 Å². The molecule has 0 aliphatic rings. The molecule has 0 aromatic heterocycles. The lowest BCUT2D eigenvalue weighted by atomic mass is 10.0. The van der Waals surface area contributed by atoms with Gasteiger partial charge in [0, 0.05) is 18.9 Å². The first-order valence-electron chi connectivity index (χ1n) is 8.80. The third-order valence-electron chi connectivity index (χ3n) is 5.73. The minimum atomic E-state index is -1.88. The minimum absolute atomic E-state index is 0.0434. The van der Waals surface area contributed by atoms with Crippen LogP contribution in [0.25, 0.3) is 0 Å². The summed E-state index contributed by atoms with van der Waals surface area (Å²) in [6.07, 6.45) is 1.40. The smallest absolute Gasteiger partial charge is 0.192 e. The molecule has 5 heteroatoms. The Balaban J connectivity index is 4.95. The highest BCUT2D eigenvalue weighted by Crippen LogP contribution is 2.39. The van der Waals surface area contributed by atoms with E-state index in [0.29, 0.717) is 13.0 Å². The first-order valence-corrected chi connectivity index (χ1v) is 14.6. The first-order chi connectivity index (χ1) is 10.0. The zero-order valence-electron chi connectivity index (χ0n) is 17.4. The Bertz CT molecular complexity index is 379. The zero-order chi connectivity index (χ0) is 18.7. The Kier molecular flexibility index (Phi) is 7.94. The van der Waals surface area contributed by atoms with Gasteiger partial charge in [0.05, 0.1) is 6.10 Å². The number of rotatable bonds is 8. The summed E-state index contributed by atoms with van der Waals surface area (Å²) in [5.74, 6) is 0.225. The van der Waals surface area contributed by atoms with E-state index in [9.17, 15) is 4.79 Å². The standard InChI is InChI=1S/C18H40O3Si2/c1-15(14-20-22(8,9)17(2,3)4)16(12-13-19)21-23(10,11)18(5,6)7/h13,15-16H,12,14H2,1-11H3/t15-,16+/m1/s1. The van der Waals surface area contributed by atoms with Crippen LogP contribution in [0.5, 0.6) is 0 Å². The molecule has 0 spiro atoms. The summed E-state index contributed by atoms with van der Waals surface area (Å²) >= 11 is 0. The molecule has 0 amide bonds. The second-order valence-electron chi connectivity index (χ2n) is 9.87. The highest BCUT2D eigenvalue weighted by Gasteiger charge is 2.41. The van der Waals surface area contributed by atoms with Gasteiger partial charge in [-0.2, -0.15) is 0 Å². The summed E-state index contributed by atoms with van der Waals surface area (Å²) in [7, 11) is -3.65. The van der Waals surface area contributed by atoms with Crippen molar-refractivity contribution in [1.82, 2.24) is 0 Å². The van der Waals surface area contributed by atoms with Crippen molar-refractivity contribution < 1.29 is 13.6 Å². The molecular formula is C18H40O3Si2. The van der Waals surface area contributed by atoms with Gasteiger partial charge >= 0.3 is 0 Å². The van der Waals surface area contributed by atoms with Crippen LogP contribution in [0.1, 0.15) is 54.9 Å². The van der Waals surface area contributed by atoms with E-state index in [1.807, 2.05) is 0 Å². The fourth-order valence-corrected chi connectivity index (χ4v) is 4.26. The quantitative estimate of drug-likeness (QED) is 0.416. The van der Waals surface area contributed by atoms with Crippen LogP contribution in [0, 0.1) is 5.92 Å². The third-order valence-corrected chi connectivity index (χ3v) is 14.7. The van der Waals surface area contributed by atoms with Crippen LogP contribution >= 0.6 is 0 Å². The van der Waals surface area contributed by atoms with E-state index in [1.54, 1.807) is 0 Å². The van der Waals surface area contributed by atoms with Gasteiger partial charge in [0.25, 0.3) is 0 Å².